The highest BCUT2D eigenvalue weighted by Crippen LogP contribution is 2.35. The Bertz CT molecular complexity index is 1810. The topological polar surface area (TPSA) is 220 Å². The van der Waals surface area contributed by atoms with Crippen molar-refractivity contribution in [1.82, 2.24) is 45.5 Å². The van der Waals surface area contributed by atoms with Gasteiger partial charge >= 0.3 is 0 Å². The third kappa shape index (κ3) is 7.78. The third-order valence-corrected chi connectivity index (χ3v) is 11.4. The number of nitrogens with one attached hydrogen (secondary N) is 2. The molecule has 4 heterocycles. The molecule has 3 aromatic rings. The summed E-state index contributed by atoms with van der Waals surface area (Å²) in [7, 11) is 1.69. The Kier molecular flexibility index (Phi) is 10.5. The molecule has 3 atom stereocenters. The van der Waals surface area contributed by atoms with Crippen LogP contribution in [0.5, 0.6) is 0 Å². The van der Waals surface area contributed by atoms with Crippen LogP contribution in [0, 0.1) is 5.92 Å². The van der Waals surface area contributed by atoms with Crippen LogP contribution in [0.3, 0.4) is 0 Å². The van der Waals surface area contributed by atoms with E-state index < -0.39 is 58.7 Å². The lowest BCUT2D eigenvalue weighted by atomic mass is 9.84. The van der Waals surface area contributed by atoms with Gasteiger partial charge in [-0.15, -0.1) is 5.10 Å². The normalized spacial score (nSPS) is 21.7. The van der Waals surface area contributed by atoms with E-state index in [4.69, 9.17) is 5.73 Å². The number of fused-ring (bicyclic) bond motifs is 1. The number of carbonyl (C=O) groups is 5. The van der Waals surface area contributed by atoms with Crippen LogP contribution in [0.15, 0.2) is 24.4 Å². The minimum absolute atomic E-state index is 0.0264. The van der Waals surface area contributed by atoms with Gasteiger partial charge in [-0.25, -0.2) is 4.68 Å². The number of Topliss-reactive ketones (excluding diaryl/α,β-unsaturated/α-hetero) is 1. The molecule has 1 aromatic carbocycles. The lowest BCUT2D eigenvalue weighted by Gasteiger charge is -2.37. The Balaban J connectivity index is 1.33. The van der Waals surface area contributed by atoms with Gasteiger partial charge in [0.2, 0.25) is 17.6 Å². The molecule has 2 aliphatic heterocycles. The van der Waals surface area contributed by atoms with Crippen LogP contribution in [0.2, 0.25) is 0 Å². The zero-order valence-electron chi connectivity index (χ0n) is 29.2. The second-order valence-corrected chi connectivity index (χ2v) is 15.8. The summed E-state index contributed by atoms with van der Waals surface area (Å²) in [6.45, 7) is 3.22. The molecule has 17 heteroatoms. The molecule has 51 heavy (non-hydrogen) atoms. The van der Waals surface area contributed by atoms with Crippen molar-refractivity contribution in [3.05, 3.63) is 35.7 Å². The van der Waals surface area contributed by atoms with Crippen molar-refractivity contribution in [3.8, 4) is 0 Å². The van der Waals surface area contributed by atoms with Crippen molar-refractivity contribution in [2.45, 2.75) is 101 Å². The first-order valence-corrected chi connectivity index (χ1v) is 18.7. The summed E-state index contributed by atoms with van der Waals surface area (Å²) in [6.07, 6.45) is 7.36. The van der Waals surface area contributed by atoms with Crippen LogP contribution in [-0.2, 0) is 31.8 Å². The summed E-state index contributed by atoms with van der Waals surface area (Å²) in [5.74, 6) is -2.24. The highest BCUT2D eigenvalue weighted by Gasteiger charge is 2.49. The number of aryl methyl sites for hydroxylation is 1. The van der Waals surface area contributed by atoms with Gasteiger partial charge in [-0.3, -0.25) is 24.0 Å². The first kappa shape index (κ1) is 36.4. The highest BCUT2D eigenvalue weighted by atomic mass is 32.2. The van der Waals surface area contributed by atoms with Crippen LogP contribution < -0.4 is 16.4 Å². The molecule has 1 saturated carbocycles. The molecule has 16 nitrogen and oxygen atoms in total. The van der Waals surface area contributed by atoms with Crippen molar-refractivity contribution in [3.63, 3.8) is 0 Å². The van der Waals surface area contributed by atoms with Gasteiger partial charge in [0.1, 0.15) is 34.3 Å². The molecule has 2 saturated heterocycles. The van der Waals surface area contributed by atoms with Gasteiger partial charge in [-0.1, -0.05) is 37.3 Å². The molecule has 0 radical (unpaired) electrons. The fraction of sp³-hybridized carbons (Fsp3) is 0.618. The standard InChI is InChI=1S/C34H46N10O6S/c1-33(2,50)27-18-36-41-44(27)22-17-26(31(48)38-34(28(45)29(35)46)11-13-51-14-12-34)43(19-22)32(49)25(15-20-7-5-4-6-8-20)37-30(47)21-9-10-23-24(16-21)40-42(3)39-23/h9-10,16,18,20,22,25-26,50H,4-8,11-15,17,19H2,1-3H3,(H2,35,46)(H,37,47)(H,38,48)/t22?,25-,26?/m1/s1. The van der Waals surface area contributed by atoms with Crippen molar-refractivity contribution in [1.29, 1.82) is 0 Å². The summed E-state index contributed by atoms with van der Waals surface area (Å²) in [4.78, 5) is 71.1. The van der Waals surface area contributed by atoms with Gasteiger partial charge in [0, 0.05) is 25.6 Å². The highest BCUT2D eigenvalue weighted by molar-refractivity contribution is 7.99. The monoisotopic (exact) mass is 722 g/mol. The second kappa shape index (κ2) is 14.7. The zero-order valence-corrected chi connectivity index (χ0v) is 30.0. The van der Waals surface area contributed by atoms with Crippen molar-refractivity contribution in [2.75, 3.05) is 18.1 Å². The summed E-state index contributed by atoms with van der Waals surface area (Å²) >= 11 is 1.61. The van der Waals surface area contributed by atoms with Crippen molar-refractivity contribution >= 4 is 52.2 Å². The van der Waals surface area contributed by atoms with E-state index in [0.717, 1.165) is 32.1 Å². The molecule has 0 spiro atoms. The molecule has 5 N–H and O–H groups in total. The van der Waals surface area contributed by atoms with Gasteiger partial charge < -0.3 is 26.4 Å². The molecule has 274 valence electrons. The number of benzene rings is 1. The number of rotatable bonds is 11. The summed E-state index contributed by atoms with van der Waals surface area (Å²) in [6, 6.07) is 2.34. The molecule has 3 fully saturated rings. The number of ketones is 1. The summed E-state index contributed by atoms with van der Waals surface area (Å²) < 4.78 is 1.53. The lowest BCUT2D eigenvalue weighted by molar-refractivity contribution is -0.145. The van der Waals surface area contributed by atoms with Gasteiger partial charge in [0.15, 0.2) is 0 Å². The Morgan fingerprint density at radius 2 is 1.78 bits per heavy atom. The van der Waals surface area contributed by atoms with Gasteiger partial charge in [-0.2, -0.15) is 26.8 Å². The number of aromatic nitrogens is 6. The van der Waals surface area contributed by atoms with E-state index >= 15 is 0 Å². The number of primary amides is 1. The number of nitrogens with two attached hydrogens (primary N) is 1. The SMILES string of the molecule is Cn1nc2ccc(C(=O)N[C@H](CC3CCCCC3)C(=O)N3CC(n4nncc4C(C)(C)O)CC3C(=O)NC3(C(=O)C(N)=O)CCSCC3)cc2n1. The summed E-state index contributed by atoms with van der Waals surface area (Å²) in [5.41, 5.74) is 4.53. The number of nitrogens with zero attached hydrogens (tertiary/aromatic N) is 7. The fourth-order valence-electron chi connectivity index (χ4n) is 7.70. The molecule has 3 aliphatic rings. The Morgan fingerprint density at radius 3 is 2.47 bits per heavy atom. The van der Waals surface area contributed by atoms with E-state index in [9.17, 15) is 29.1 Å². The molecular weight excluding hydrogens is 677 g/mol. The van der Waals surface area contributed by atoms with E-state index in [0.29, 0.717) is 40.2 Å². The minimum atomic E-state index is -1.48. The van der Waals surface area contributed by atoms with Gasteiger partial charge in [-0.05, 0) is 68.7 Å². The largest absolute Gasteiger partial charge is 0.384 e. The molecule has 1 aliphatic carbocycles. The number of hydrogen-bond donors (Lipinski definition) is 4. The Hall–Kier alpha value is -4.38. The van der Waals surface area contributed by atoms with Crippen LogP contribution in [0.25, 0.3) is 11.0 Å². The Morgan fingerprint density at radius 1 is 1.08 bits per heavy atom. The average molecular weight is 723 g/mol. The smallest absolute Gasteiger partial charge is 0.287 e. The van der Waals surface area contributed by atoms with E-state index in [1.165, 1.54) is 20.6 Å². The lowest BCUT2D eigenvalue weighted by Crippen LogP contribution is -2.63. The average Bonchev–Trinajstić information content (AvgIpc) is 3.85. The van der Waals surface area contributed by atoms with Crippen LogP contribution in [0.1, 0.15) is 93.7 Å². The van der Waals surface area contributed by atoms with E-state index in [1.807, 2.05) is 0 Å². The molecule has 6 rings (SSSR count). The number of amides is 4. The van der Waals surface area contributed by atoms with Crippen molar-refractivity contribution < 1.29 is 29.1 Å². The molecule has 0 bridgehead atoms. The second-order valence-electron chi connectivity index (χ2n) is 14.6. The number of thioether (sulfide) groups is 1. The van der Waals surface area contributed by atoms with Crippen LogP contribution in [0.4, 0.5) is 0 Å². The number of hydrogen-bond acceptors (Lipinski definition) is 11. The minimum Gasteiger partial charge on any atom is -0.384 e. The van der Waals surface area contributed by atoms with Crippen molar-refractivity contribution in [2.24, 2.45) is 18.7 Å². The quantitative estimate of drug-likeness (QED) is 0.206. The maximum absolute atomic E-state index is 14.8. The van der Waals surface area contributed by atoms with Gasteiger partial charge in [0.05, 0.1) is 17.9 Å². The van der Waals surface area contributed by atoms with E-state index in [2.05, 4.69) is 31.1 Å². The molecular formula is C34H46N10O6S. The predicted molar refractivity (Wildman–Crippen MR) is 187 cm³/mol. The third-order valence-electron chi connectivity index (χ3n) is 10.4. The van der Waals surface area contributed by atoms with Crippen LogP contribution in [-0.4, -0.2) is 105 Å². The number of carbonyl (C=O) groups excluding carboxylic acids is 5. The number of aliphatic hydroxyl groups is 1. The summed E-state index contributed by atoms with van der Waals surface area (Å²) in [5, 5.41) is 33.5. The predicted octanol–water partition coefficient (Wildman–Crippen LogP) is 1.13. The first-order chi connectivity index (χ1) is 24.3. The number of likely N-dealkylation sites (tertiary alicyclic amines) is 1. The molecule has 4 amide bonds. The maximum atomic E-state index is 14.8. The molecule has 2 unspecified atom stereocenters. The maximum Gasteiger partial charge on any atom is 0.287 e. The zero-order chi connectivity index (χ0) is 36.5. The first-order valence-electron chi connectivity index (χ1n) is 17.6. The van der Waals surface area contributed by atoms with Crippen LogP contribution >= 0.6 is 11.8 Å². The molecule has 2 aromatic heterocycles. The van der Waals surface area contributed by atoms with E-state index in [-0.39, 0.29) is 31.7 Å². The van der Waals surface area contributed by atoms with Gasteiger partial charge in [0.25, 0.3) is 11.8 Å². The fourth-order valence-corrected chi connectivity index (χ4v) is 8.89. The van der Waals surface area contributed by atoms with E-state index in [1.54, 1.807) is 50.9 Å². The Labute approximate surface area is 299 Å².